The van der Waals surface area contributed by atoms with Crippen molar-refractivity contribution >= 4 is 88.7 Å². The van der Waals surface area contributed by atoms with Crippen LogP contribution in [0, 0.1) is 0 Å². The minimum Gasteiger partial charge on any atom is -0.462 e. The van der Waals surface area contributed by atoms with E-state index >= 15 is 0 Å². The lowest BCUT2D eigenvalue weighted by Crippen LogP contribution is -2.13. The predicted octanol–water partition coefficient (Wildman–Crippen LogP) is 9.44. The SMILES string of the molecule is CCOC(=O)c1sc2cccc(C(F)(F)F)c2c1-c1nc2cc(C(N)=O)ccc2n1CCn1c(-c2c(C(=O)OCC)sc3cccc(C(F)(F)F)c23)nc2cc(C(N)=O)ccc21. The van der Waals surface area contributed by atoms with Crippen molar-refractivity contribution in [2.45, 2.75) is 39.3 Å². The molecular weight excluding hydrogens is 863 g/mol. The van der Waals surface area contributed by atoms with Gasteiger partial charge in [-0.3, -0.25) is 9.59 Å². The van der Waals surface area contributed by atoms with Crippen LogP contribution in [-0.2, 0) is 34.9 Å². The van der Waals surface area contributed by atoms with Crippen molar-refractivity contribution < 1.29 is 55.0 Å². The maximum Gasteiger partial charge on any atom is 0.417 e. The van der Waals surface area contributed by atoms with Crippen LogP contribution in [0.3, 0.4) is 0 Å². The number of nitrogens with zero attached hydrogens (tertiary/aromatic N) is 4. The molecule has 0 radical (unpaired) electrons. The van der Waals surface area contributed by atoms with Crippen molar-refractivity contribution in [1.29, 1.82) is 0 Å². The number of primary amides is 2. The number of hydrogen-bond donors (Lipinski definition) is 2. The summed E-state index contributed by atoms with van der Waals surface area (Å²) in [5.41, 5.74) is 9.45. The molecule has 0 aliphatic rings. The number of aromatic nitrogens is 4. The number of rotatable bonds is 11. The van der Waals surface area contributed by atoms with Crippen molar-refractivity contribution in [3.63, 3.8) is 0 Å². The van der Waals surface area contributed by atoms with E-state index in [0.29, 0.717) is 0 Å². The number of halogens is 6. The third kappa shape index (κ3) is 7.17. The zero-order valence-electron chi connectivity index (χ0n) is 32.2. The van der Waals surface area contributed by atoms with E-state index in [1.165, 1.54) is 83.6 Å². The second-order valence-electron chi connectivity index (χ2n) is 13.7. The number of esters is 2. The first kappa shape index (κ1) is 41.9. The molecule has 8 rings (SSSR count). The van der Waals surface area contributed by atoms with E-state index in [1.54, 1.807) is 0 Å². The molecule has 0 aliphatic heterocycles. The Bertz CT molecular complexity index is 2950. The second-order valence-corrected chi connectivity index (χ2v) is 15.8. The van der Waals surface area contributed by atoms with Crippen molar-refractivity contribution in [3.05, 3.63) is 105 Å². The second kappa shape index (κ2) is 15.6. The van der Waals surface area contributed by atoms with Gasteiger partial charge in [-0.2, -0.15) is 26.3 Å². The third-order valence-corrected chi connectivity index (χ3v) is 12.3. The number of alkyl halides is 6. The van der Waals surface area contributed by atoms with Crippen LogP contribution in [0.25, 0.3) is 65.0 Å². The van der Waals surface area contributed by atoms with Crippen LogP contribution in [0.5, 0.6) is 0 Å². The Morgan fingerprint density at radius 3 is 1.34 bits per heavy atom. The lowest BCUT2D eigenvalue weighted by atomic mass is 10.0. The van der Waals surface area contributed by atoms with E-state index in [2.05, 4.69) is 0 Å². The molecule has 318 valence electrons. The molecule has 0 fully saturated rings. The number of fused-ring (bicyclic) bond motifs is 4. The fourth-order valence-electron chi connectivity index (χ4n) is 7.48. The lowest BCUT2D eigenvalue weighted by Gasteiger charge is -2.16. The number of ether oxygens (including phenoxy) is 2. The molecule has 0 aliphatic carbocycles. The van der Waals surface area contributed by atoms with Gasteiger partial charge in [-0.1, -0.05) is 12.1 Å². The molecule has 62 heavy (non-hydrogen) atoms. The van der Waals surface area contributed by atoms with E-state index < -0.39 is 47.2 Å². The molecule has 0 unspecified atom stereocenters. The molecule has 4 N–H and O–H groups in total. The highest BCUT2D eigenvalue weighted by Crippen LogP contribution is 2.48. The first-order chi connectivity index (χ1) is 29.4. The first-order valence-electron chi connectivity index (χ1n) is 18.6. The van der Waals surface area contributed by atoms with Gasteiger partial charge in [0.25, 0.3) is 0 Å². The Morgan fingerprint density at radius 1 is 0.613 bits per heavy atom. The summed E-state index contributed by atoms with van der Waals surface area (Å²) in [4.78, 5) is 60.7. The van der Waals surface area contributed by atoms with E-state index in [4.69, 9.17) is 30.9 Å². The number of amides is 2. The minimum atomic E-state index is -4.89. The highest BCUT2D eigenvalue weighted by molar-refractivity contribution is 7.22. The quantitative estimate of drug-likeness (QED) is 0.0954. The summed E-state index contributed by atoms with van der Waals surface area (Å²) in [6.45, 7) is 2.43. The molecule has 12 nitrogen and oxygen atoms in total. The zero-order valence-corrected chi connectivity index (χ0v) is 33.9. The number of carbonyl (C=O) groups excluding carboxylic acids is 4. The third-order valence-electron chi connectivity index (χ3n) is 10.0. The Morgan fingerprint density at radius 2 is 1.00 bits per heavy atom. The zero-order chi connectivity index (χ0) is 44.4. The smallest absolute Gasteiger partial charge is 0.417 e. The summed E-state index contributed by atoms with van der Waals surface area (Å²) >= 11 is 1.54. The predicted molar refractivity (Wildman–Crippen MR) is 220 cm³/mol. The Hall–Kier alpha value is -6.80. The lowest BCUT2D eigenvalue weighted by molar-refractivity contribution is -0.137. The average molecular weight is 893 g/mol. The standard InChI is InChI=1S/C42H30F6N6O6S2/c1-3-59-39(57)33-31(29-21(41(43,44)45)7-5-9-27(29)61-33)37-51-23-17-19(35(49)55)11-13-25(23)53(37)15-16-54-26-14-12-20(36(50)56)18-24(26)52-38(54)32-30-22(42(46,47)48)8-6-10-28(30)62-34(32)40(58)60-4-2/h5-14,17-18H,3-4,15-16H2,1-2H3,(H2,49,55)(H2,50,56). The van der Waals surface area contributed by atoms with Crippen LogP contribution >= 0.6 is 22.7 Å². The van der Waals surface area contributed by atoms with Crippen molar-refractivity contribution in [3.8, 4) is 22.8 Å². The van der Waals surface area contributed by atoms with Crippen LogP contribution in [-0.4, -0.2) is 56.1 Å². The number of hydrogen-bond acceptors (Lipinski definition) is 10. The normalized spacial score (nSPS) is 12.2. The van der Waals surface area contributed by atoms with Gasteiger partial charge in [0.05, 0.1) is 57.5 Å². The highest BCUT2D eigenvalue weighted by atomic mass is 32.1. The molecule has 4 aromatic heterocycles. The minimum absolute atomic E-state index is 0.0231. The van der Waals surface area contributed by atoms with Gasteiger partial charge < -0.3 is 30.1 Å². The fraction of sp³-hybridized carbons (Fsp3) is 0.190. The monoisotopic (exact) mass is 892 g/mol. The Labute approximate surface area is 353 Å². The molecule has 2 amide bonds. The highest BCUT2D eigenvalue weighted by Gasteiger charge is 2.39. The van der Waals surface area contributed by atoms with Crippen molar-refractivity contribution in [2.75, 3.05) is 13.2 Å². The van der Waals surface area contributed by atoms with Gasteiger partial charge >= 0.3 is 24.3 Å². The molecule has 0 saturated carbocycles. The molecule has 8 aromatic rings. The van der Waals surface area contributed by atoms with Gasteiger partial charge in [0.2, 0.25) is 11.8 Å². The Kier molecular flexibility index (Phi) is 10.5. The molecule has 0 atom stereocenters. The van der Waals surface area contributed by atoms with Gasteiger partial charge in [-0.25, -0.2) is 19.6 Å². The number of benzene rings is 4. The Balaban J connectivity index is 1.42. The number of carbonyl (C=O) groups is 4. The molecular formula is C42H30F6N6O6S2. The summed E-state index contributed by atoms with van der Waals surface area (Å²) in [5, 5.41) is -0.674. The maximum absolute atomic E-state index is 14.8. The average Bonchev–Trinajstić information content (AvgIpc) is 3.98. The van der Waals surface area contributed by atoms with E-state index in [1.807, 2.05) is 0 Å². The molecule has 4 heterocycles. The maximum atomic E-state index is 14.8. The summed E-state index contributed by atoms with van der Waals surface area (Å²) in [7, 11) is 0. The summed E-state index contributed by atoms with van der Waals surface area (Å²) in [5.74, 6) is -3.75. The summed E-state index contributed by atoms with van der Waals surface area (Å²) in [6.07, 6.45) is -9.78. The fourth-order valence-corrected chi connectivity index (χ4v) is 9.71. The van der Waals surface area contributed by atoms with E-state index in [9.17, 15) is 45.5 Å². The largest absolute Gasteiger partial charge is 0.462 e. The number of thiophene rings is 2. The first-order valence-corrected chi connectivity index (χ1v) is 20.3. The van der Waals surface area contributed by atoms with Crippen LogP contribution < -0.4 is 11.5 Å². The van der Waals surface area contributed by atoms with Crippen molar-refractivity contribution in [2.24, 2.45) is 11.5 Å². The van der Waals surface area contributed by atoms with Crippen LogP contribution in [0.15, 0.2) is 72.8 Å². The van der Waals surface area contributed by atoms with Gasteiger partial charge in [0.15, 0.2) is 0 Å². The molecule has 0 spiro atoms. The van der Waals surface area contributed by atoms with Gasteiger partial charge in [0.1, 0.15) is 21.4 Å². The number of nitrogens with two attached hydrogens (primary N) is 2. The topological polar surface area (TPSA) is 174 Å². The summed E-state index contributed by atoms with van der Waals surface area (Å²) in [6, 6.07) is 15.4. The molecule has 0 saturated heterocycles. The van der Waals surface area contributed by atoms with Gasteiger partial charge in [0, 0.05) is 44.4 Å². The number of aryl methyl sites for hydroxylation is 2. The number of imidazole rings is 2. The van der Waals surface area contributed by atoms with Crippen molar-refractivity contribution in [1.82, 2.24) is 19.1 Å². The van der Waals surface area contributed by atoms with Crippen LogP contribution in [0.4, 0.5) is 26.3 Å². The van der Waals surface area contributed by atoms with E-state index in [0.717, 1.165) is 34.8 Å². The van der Waals surface area contributed by atoms with Crippen LogP contribution in [0.1, 0.15) is 65.0 Å². The van der Waals surface area contributed by atoms with Gasteiger partial charge in [-0.05, 0) is 74.5 Å². The molecule has 20 heteroatoms. The van der Waals surface area contributed by atoms with E-state index in [-0.39, 0.29) is 112 Å². The van der Waals surface area contributed by atoms with Gasteiger partial charge in [-0.15, -0.1) is 22.7 Å². The molecule has 0 bridgehead atoms. The molecule has 4 aromatic carbocycles. The van der Waals surface area contributed by atoms with Crippen LogP contribution in [0.2, 0.25) is 0 Å². The summed E-state index contributed by atoms with van der Waals surface area (Å²) < 4.78 is 102.